The lowest BCUT2D eigenvalue weighted by molar-refractivity contribution is 0.0497. The van der Waals surface area contributed by atoms with Crippen LogP contribution in [0.2, 0.25) is 0 Å². The minimum absolute atomic E-state index is 0.190. The third-order valence-electron chi connectivity index (χ3n) is 3.89. The molecule has 0 radical (unpaired) electrons. The molecule has 112 valence electrons. The fraction of sp³-hybridized carbons (Fsp3) is 0.611. The molecule has 0 saturated carbocycles. The smallest absolute Gasteiger partial charge is 0.338 e. The van der Waals surface area contributed by atoms with Crippen molar-refractivity contribution < 1.29 is 9.53 Å². The summed E-state index contributed by atoms with van der Waals surface area (Å²) in [6.07, 6.45) is 7.23. The molecule has 1 aromatic rings. The Morgan fingerprint density at radius 3 is 2.10 bits per heavy atom. The van der Waals surface area contributed by atoms with Crippen molar-refractivity contribution in [2.45, 2.75) is 66.2 Å². The van der Waals surface area contributed by atoms with E-state index in [1.54, 1.807) is 0 Å². The molecule has 2 heteroatoms. The van der Waals surface area contributed by atoms with Gasteiger partial charge in [-0.3, -0.25) is 0 Å². The van der Waals surface area contributed by atoms with E-state index >= 15 is 0 Å². The largest absolute Gasteiger partial charge is 0.462 e. The molecule has 0 saturated heterocycles. The van der Waals surface area contributed by atoms with E-state index in [1.807, 2.05) is 26.0 Å². The highest BCUT2D eigenvalue weighted by molar-refractivity contribution is 5.90. The van der Waals surface area contributed by atoms with Gasteiger partial charge in [0.05, 0.1) is 12.2 Å². The number of carbonyl (C=O) groups excluding carboxylic acids is 1. The number of hydrogen-bond acceptors (Lipinski definition) is 2. The number of esters is 1. The molecule has 0 bridgehead atoms. The van der Waals surface area contributed by atoms with Gasteiger partial charge in [0, 0.05) is 0 Å². The number of hydrogen-bond donors (Lipinski definition) is 0. The van der Waals surface area contributed by atoms with E-state index in [2.05, 4.69) is 13.8 Å². The molecule has 1 aromatic carbocycles. The van der Waals surface area contributed by atoms with Gasteiger partial charge in [0.15, 0.2) is 0 Å². The summed E-state index contributed by atoms with van der Waals surface area (Å²) < 4.78 is 5.35. The molecule has 0 fully saturated rings. The summed E-state index contributed by atoms with van der Waals surface area (Å²) in [7, 11) is 0. The van der Waals surface area contributed by atoms with Crippen molar-refractivity contribution in [3.63, 3.8) is 0 Å². The summed E-state index contributed by atoms with van der Waals surface area (Å²) in [6, 6.07) is 3.85. The molecule has 20 heavy (non-hydrogen) atoms. The van der Waals surface area contributed by atoms with Crippen LogP contribution >= 0.6 is 0 Å². The number of rotatable bonds is 8. The molecule has 0 unspecified atom stereocenters. The van der Waals surface area contributed by atoms with Crippen LogP contribution in [0, 0.1) is 20.8 Å². The minimum atomic E-state index is -0.190. The van der Waals surface area contributed by atoms with Crippen molar-refractivity contribution in [1.29, 1.82) is 0 Å². The molecule has 0 aromatic heterocycles. The fourth-order valence-corrected chi connectivity index (χ4v) is 2.28. The lowest BCUT2D eigenvalue weighted by Gasteiger charge is -2.09. The summed E-state index contributed by atoms with van der Waals surface area (Å²) in [6.45, 7) is 8.90. The monoisotopic (exact) mass is 276 g/mol. The first kappa shape index (κ1) is 16.7. The highest BCUT2D eigenvalue weighted by Crippen LogP contribution is 2.16. The highest BCUT2D eigenvalue weighted by Gasteiger charge is 2.09. The topological polar surface area (TPSA) is 26.3 Å². The van der Waals surface area contributed by atoms with Gasteiger partial charge in [0.25, 0.3) is 0 Å². The second-order valence-electron chi connectivity index (χ2n) is 5.64. The second-order valence-corrected chi connectivity index (χ2v) is 5.64. The molecule has 0 spiro atoms. The van der Waals surface area contributed by atoms with E-state index in [0.717, 1.165) is 24.0 Å². The maximum absolute atomic E-state index is 12.0. The van der Waals surface area contributed by atoms with E-state index in [0.29, 0.717) is 12.2 Å². The van der Waals surface area contributed by atoms with E-state index < -0.39 is 0 Å². The fourth-order valence-electron chi connectivity index (χ4n) is 2.28. The van der Waals surface area contributed by atoms with Crippen molar-refractivity contribution >= 4 is 5.97 Å². The van der Waals surface area contributed by atoms with Crippen molar-refractivity contribution in [3.8, 4) is 0 Å². The lowest BCUT2D eigenvalue weighted by Crippen LogP contribution is -2.07. The normalized spacial score (nSPS) is 10.6. The van der Waals surface area contributed by atoms with Crippen LogP contribution in [0.15, 0.2) is 12.1 Å². The zero-order valence-electron chi connectivity index (χ0n) is 13.4. The van der Waals surface area contributed by atoms with E-state index in [9.17, 15) is 4.79 Å². The van der Waals surface area contributed by atoms with E-state index in [-0.39, 0.29) is 5.97 Å². The molecule has 0 atom stereocenters. The SMILES string of the molecule is CCCCCCCCOC(=O)c1cc(C)c(C)c(C)c1. The average molecular weight is 276 g/mol. The predicted octanol–water partition coefficient (Wildman–Crippen LogP) is 5.13. The number of carbonyl (C=O) groups is 1. The molecular formula is C18H28O2. The molecule has 0 heterocycles. The molecule has 2 nitrogen and oxygen atoms in total. The summed E-state index contributed by atoms with van der Waals surface area (Å²) in [4.78, 5) is 12.0. The van der Waals surface area contributed by atoms with Crippen LogP contribution < -0.4 is 0 Å². The Labute approximate surface area is 123 Å². The number of ether oxygens (including phenoxy) is 1. The highest BCUT2D eigenvalue weighted by atomic mass is 16.5. The standard InChI is InChI=1S/C18H28O2/c1-5-6-7-8-9-10-11-20-18(19)17-12-14(2)16(4)15(3)13-17/h12-13H,5-11H2,1-4H3. The maximum atomic E-state index is 12.0. The first-order valence-corrected chi connectivity index (χ1v) is 7.81. The van der Waals surface area contributed by atoms with E-state index in [1.165, 1.54) is 31.2 Å². The predicted molar refractivity (Wildman–Crippen MR) is 84.3 cm³/mol. The molecule has 0 amide bonds. The zero-order valence-corrected chi connectivity index (χ0v) is 13.4. The Morgan fingerprint density at radius 1 is 0.950 bits per heavy atom. The third kappa shape index (κ3) is 5.36. The molecule has 1 rings (SSSR count). The second kappa shape index (κ2) is 8.78. The first-order chi connectivity index (χ1) is 9.56. The number of benzene rings is 1. The molecule has 0 N–H and O–H groups in total. The summed E-state index contributed by atoms with van der Waals surface area (Å²) >= 11 is 0. The van der Waals surface area contributed by atoms with Crippen LogP contribution in [-0.4, -0.2) is 12.6 Å². The van der Waals surface area contributed by atoms with Gasteiger partial charge in [0.1, 0.15) is 0 Å². The third-order valence-corrected chi connectivity index (χ3v) is 3.89. The zero-order chi connectivity index (χ0) is 15.0. The Kier molecular flexibility index (Phi) is 7.35. The summed E-state index contributed by atoms with van der Waals surface area (Å²) in [5, 5.41) is 0. The maximum Gasteiger partial charge on any atom is 0.338 e. The van der Waals surface area contributed by atoms with Gasteiger partial charge in [-0.25, -0.2) is 4.79 Å². The number of aryl methyl sites for hydroxylation is 2. The summed E-state index contributed by atoms with van der Waals surface area (Å²) in [5.74, 6) is -0.190. The molecule has 0 aliphatic heterocycles. The minimum Gasteiger partial charge on any atom is -0.462 e. The number of unbranched alkanes of at least 4 members (excludes halogenated alkanes) is 5. The average Bonchev–Trinajstić information content (AvgIpc) is 2.43. The Morgan fingerprint density at radius 2 is 1.50 bits per heavy atom. The summed E-state index contributed by atoms with van der Waals surface area (Å²) in [5.41, 5.74) is 4.22. The van der Waals surface area contributed by atoms with Crippen molar-refractivity contribution in [1.82, 2.24) is 0 Å². The van der Waals surface area contributed by atoms with Crippen LogP contribution in [0.25, 0.3) is 0 Å². The lowest BCUT2D eigenvalue weighted by atomic mass is 10.0. The van der Waals surface area contributed by atoms with Gasteiger partial charge in [0.2, 0.25) is 0 Å². The van der Waals surface area contributed by atoms with Gasteiger partial charge in [-0.05, 0) is 56.0 Å². The first-order valence-electron chi connectivity index (χ1n) is 7.81. The Bertz CT molecular complexity index is 412. The van der Waals surface area contributed by atoms with Gasteiger partial charge in [-0.15, -0.1) is 0 Å². The van der Waals surface area contributed by atoms with Crippen LogP contribution in [0.4, 0.5) is 0 Å². The molecule has 0 aliphatic rings. The van der Waals surface area contributed by atoms with Gasteiger partial charge >= 0.3 is 5.97 Å². The van der Waals surface area contributed by atoms with Crippen LogP contribution in [-0.2, 0) is 4.74 Å². The van der Waals surface area contributed by atoms with Gasteiger partial charge in [-0.2, -0.15) is 0 Å². The van der Waals surface area contributed by atoms with Crippen molar-refractivity contribution in [3.05, 3.63) is 34.4 Å². The quantitative estimate of drug-likeness (QED) is 0.486. The van der Waals surface area contributed by atoms with Gasteiger partial charge < -0.3 is 4.74 Å². The van der Waals surface area contributed by atoms with Crippen LogP contribution in [0.1, 0.15) is 72.5 Å². The molecular weight excluding hydrogens is 248 g/mol. The van der Waals surface area contributed by atoms with Gasteiger partial charge in [-0.1, -0.05) is 39.0 Å². The van der Waals surface area contributed by atoms with Crippen molar-refractivity contribution in [2.75, 3.05) is 6.61 Å². The Hall–Kier alpha value is -1.31. The van der Waals surface area contributed by atoms with Crippen LogP contribution in [0.5, 0.6) is 0 Å². The van der Waals surface area contributed by atoms with E-state index in [4.69, 9.17) is 4.74 Å². The van der Waals surface area contributed by atoms with Crippen molar-refractivity contribution in [2.24, 2.45) is 0 Å². The Balaban J connectivity index is 2.33. The van der Waals surface area contributed by atoms with Crippen LogP contribution in [0.3, 0.4) is 0 Å². The molecule has 0 aliphatic carbocycles.